The molecular formula is C27H24ClN3O3. The van der Waals surface area contributed by atoms with Gasteiger partial charge in [0, 0.05) is 16.9 Å². The number of nitrogens with zero attached hydrogens (tertiary/aromatic N) is 1. The molecule has 0 atom stereocenters. The maximum atomic E-state index is 13.1. The molecule has 3 amide bonds. The van der Waals surface area contributed by atoms with Crippen LogP contribution in [0.1, 0.15) is 32.6 Å². The second-order valence-corrected chi connectivity index (χ2v) is 8.84. The van der Waals surface area contributed by atoms with Crippen molar-refractivity contribution in [2.24, 2.45) is 0 Å². The number of aryl methyl sites for hydroxylation is 4. The van der Waals surface area contributed by atoms with Crippen molar-refractivity contribution in [2.45, 2.75) is 27.7 Å². The number of imide groups is 1. The molecule has 172 valence electrons. The lowest BCUT2D eigenvalue weighted by atomic mass is 10.1. The van der Waals surface area contributed by atoms with Gasteiger partial charge in [0.15, 0.2) is 0 Å². The zero-order valence-corrected chi connectivity index (χ0v) is 20.1. The molecule has 0 unspecified atom stereocenters. The Hall–Kier alpha value is -3.90. The monoisotopic (exact) mass is 473 g/mol. The predicted octanol–water partition coefficient (Wildman–Crippen LogP) is 5.61. The van der Waals surface area contributed by atoms with Crippen molar-refractivity contribution in [1.82, 2.24) is 0 Å². The average Bonchev–Trinajstić information content (AvgIpc) is 2.98. The van der Waals surface area contributed by atoms with E-state index in [2.05, 4.69) is 10.6 Å². The van der Waals surface area contributed by atoms with Crippen LogP contribution in [0.25, 0.3) is 0 Å². The lowest BCUT2D eigenvalue weighted by Gasteiger charge is -2.18. The van der Waals surface area contributed by atoms with Gasteiger partial charge in [0.1, 0.15) is 10.7 Å². The molecule has 6 nitrogen and oxygen atoms in total. The van der Waals surface area contributed by atoms with Gasteiger partial charge in [-0.1, -0.05) is 29.8 Å². The Morgan fingerprint density at radius 3 is 2.06 bits per heavy atom. The van der Waals surface area contributed by atoms with Gasteiger partial charge in [0.2, 0.25) is 0 Å². The average molecular weight is 474 g/mol. The van der Waals surface area contributed by atoms with E-state index in [-0.39, 0.29) is 16.6 Å². The second kappa shape index (κ2) is 9.15. The normalized spacial score (nSPS) is 13.5. The Labute approximate surface area is 203 Å². The molecule has 1 aliphatic heterocycles. The number of carbonyl (C=O) groups excluding carboxylic acids is 3. The molecule has 0 bridgehead atoms. The van der Waals surface area contributed by atoms with Crippen molar-refractivity contribution < 1.29 is 14.4 Å². The molecule has 2 N–H and O–H groups in total. The molecule has 0 aliphatic carbocycles. The van der Waals surface area contributed by atoms with Crippen LogP contribution >= 0.6 is 11.6 Å². The van der Waals surface area contributed by atoms with Gasteiger partial charge in [-0.05, 0) is 92.4 Å². The van der Waals surface area contributed by atoms with Crippen molar-refractivity contribution in [1.29, 1.82) is 0 Å². The topological polar surface area (TPSA) is 78.5 Å². The van der Waals surface area contributed by atoms with Gasteiger partial charge in [-0.15, -0.1) is 0 Å². The van der Waals surface area contributed by atoms with Gasteiger partial charge in [0.25, 0.3) is 17.7 Å². The lowest BCUT2D eigenvalue weighted by molar-refractivity contribution is -0.120. The first-order chi connectivity index (χ1) is 16.1. The van der Waals surface area contributed by atoms with E-state index in [0.717, 1.165) is 32.8 Å². The number of nitrogens with one attached hydrogen (secondary N) is 2. The first-order valence-corrected chi connectivity index (χ1v) is 11.1. The smallest absolute Gasteiger partial charge is 0.283 e. The SMILES string of the molecule is Cc1cc(C)cc(NC(=O)c2ccc(NC3=C(Cl)C(=O)N(c4cc(C)ccc4C)C3=O)cc2)c1. The lowest BCUT2D eigenvalue weighted by Crippen LogP contribution is -2.32. The van der Waals surface area contributed by atoms with Crippen LogP contribution in [0.5, 0.6) is 0 Å². The quantitative estimate of drug-likeness (QED) is 0.472. The van der Waals surface area contributed by atoms with Crippen LogP contribution in [0.15, 0.2) is 71.4 Å². The molecule has 0 saturated carbocycles. The summed E-state index contributed by atoms with van der Waals surface area (Å²) >= 11 is 6.25. The zero-order valence-electron chi connectivity index (χ0n) is 19.3. The molecule has 0 radical (unpaired) electrons. The maximum Gasteiger partial charge on any atom is 0.283 e. The summed E-state index contributed by atoms with van der Waals surface area (Å²) in [6, 6.07) is 18.0. The van der Waals surface area contributed by atoms with E-state index in [9.17, 15) is 14.4 Å². The summed E-state index contributed by atoms with van der Waals surface area (Å²) in [4.78, 5) is 39.5. The Balaban J connectivity index is 1.50. The molecule has 0 saturated heterocycles. The molecule has 0 spiro atoms. The molecule has 7 heteroatoms. The maximum absolute atomic E-state index is 13.1. The van der Waals surface area contributed by atoms with Gasteiger partial charge in [0.05, 0.1) is 5.69 Å². The third kappa shape index (κ3) is 4.58. The van der Waals surface area contributed by atoms with Crippen molar-refractivity contribution in [3.63, 3.8) is 0 Å². The van der Waals surface area contributed by atoms with Crippen molar-refractivity contribution in [2.75, 3.05) is 15.5 Å². The minimum absolute atomic E-state index is 0.00000953. The number of amides is 3. The van der Waals surface area contributed by atoms with Gasteiger partial charge in [-0.25, -0.2) is 4.90 Å². The van der Waals surface area contributed by atoms with E-state index in [4.69, 9.17) is 11.6 Å². The van der Waals surface area contributed by atoms with Crippen molar-refractivity contribution >= 4 is 46.4 Å². The van der Waals surface area contributed by atoms with E-state index in [1.54, 1.807) is 30.3 Å². The van der Waals surface area contributed by atoms with E-state index >= 15 is 0 Å². The van der Waals surface area contributed by atoms with Crippen LogP contribution in [0, 0.1) is 27.7 Å². The number of carbonyl (C=O) groups is 3. The Morgan fingerprint density at radius 1 is 0.765 bits per heavy atom. The number of hydrogen-bond acceptors (Lipinski definition) is 4. The number of anilines is 3. The fraction of sp³-hybridized carbons (Fsp3) is 0.148. The summed E-state index contributed by atoms with van der Waals surface area (Å²) in [5, 5.41) is 5.65. The molecular weight excluding hydrogens is 450 g/mol. The molecule has 34 heavy (non-hydrogen) atoms. The summed E-state index contributed by atoms with van der Waals surface area (Å²) < 4.78 is 0. The predicted molar refractivity (Wildman–Crippen MR) is 135 cm³/mol. The molecule has 0 aromatic heterocycles. The van der Waals surface area contributed by atoms with Crippen LogP contribution in [-0.4, -0.2) is 17.7 Å². The first-order valence-electron chi connectivity index (χ1n) is 10.8. The van der Waals surface area contributed by atoms with E-state index in [1.165, 1.54) is 0 Å². The molecule has 4 rings (SSSR count). The van der Waals surface area contributed by atoms with Gasteiger partial charge < -0.3 is 10.6 Å². The van der Waals surface area contributed by atoms with Crippen molar-refractivity contribution in [3.05, 3.63) is 99.2 Å². The van der Waals surface area contributed by atoms with Gasteiger partial charge >= 0.3 is 0 Å². The molecule has 3 aromatic rings. The largest absolute Gasteiger partial charge is 0.350 e. The second-order valence-electron chi connectivity index (χ2n) is 8.46. The fourth-order valence-corrected chi connectivity index (χ4v) is 4.10. The highest BCUT2D eigenvalue weighted by Crippen LogP contribution is 2.32. The standard InChI is InChI=1S/C27H24ClN3O3/c1-15-5-6-18(4)22(14-15)31-26(33)23(28)24(27(31)34)29-20-9-7-19(8-10-20)25(32)30-21-12-16(2)11-17(3)13-21/h5-14,29H,1-4H3,(H,30,32). The highest BCUT2D eigenvalue weighted by atomic mass is 35.5. The summed E-state index contributed by atoms with van der Waals surface area (Å²) in [6.45, 7) is 7.66. The minimum Gasteiger partial charge on any atom is -0.350 e. The first kappa shape index (κ1) is 23.3. The van der Waals surface area contributed by atoms with Crippen LogP contribution in [0.4, 0.5) is 17.1 Å². The number of benzene rings is 3. The minimum atomic E-state index is -0.577. The Bertz CT molecular complexity index is 1340. The van der Waals surface area contributed by atoms with Crippen molar-refractivity contribution in [3.8, 4) is 0 Å². The van der Waals surface area contributed by atoms with Crippen LogP contribution < -0.4 is 15.5 Å². The number of hydrogen-bond donors (Lipinski definition) is 2. The summed E-state index contributed by atoms with van der Waals surface area (Å²) in [5.74, 6) is -1.35. The summed E-state index contributed by atoms with van der Waals surface area (Å²) in [5.41, 5.74) is 6.05. The van der Waals surface area contributed by atoms with Gasteiger partial charge in [-0.2, -0.15) is 0 Å². The summed E-state index contributed by atoms with van der Waals surface area (Å²) in [7, 11) is 0. The molecule has 0 fully saturated rings. The van der Waals surface area contributed by atoms with E-state index in [1.807, 2.05) is 58.0 Å². The zero-order chi connectivity index (χ0) is 24.6. The molecule has 1 heterocycles. The number of rotatable bonds is 5. The third-order valence-electron chi connectivity index (χ3n) is 5.53. The summed E-state index contributed by atoms with van der Waals surface area (Å²) in [6.07, 6.45) is 0. The van der Waals surface area contributed by atoms with Crippen LogP contribution in [-0.2, 0) is 9.59 Å². The highest BCUT2D eigenvalue weighted by Gasteiger charge is 2.39. The van der Waals surface area contributed by atoms with E-state index in [0.29, 0.717) is 16.9 Å². The van der Waals surface area contributed by atoms with Crippen LogP contribution in [0.3, 0.4) is 0 Å². The molecule has 3 aromatic carbocycles. The third-order valence-corrected chi connectivity index (χ3v) is 5.88. The number of halogens is 1. The Kier molecular flexibility index (Phi) is 6.26. The fourth-order valence-electron chi connectivity index (χ4n) is 3.89. The van der Waals surface area contributed by atoms with Gasteiger partial charge in [-0.3, -0.25) is 14.4 Å². The van der Waals surface area contributed by atoms with E-state index < -0.39 is 11.8 Å². The Morgan fingerprint density at radius 2 is 1.41 bits per heavy atom. The molecule has 1 aliphatic rings. The van der Waals surface area contributed by atoms with Crippen LogP contribution in [0.2, 0.25) is 0 Å². The highest BCUT2D eigenvalue weighted by molar-refractivity contribution is 6.53.